The van der Waals surface area contributed by atoms with E-state index in [1.165, 1.54) is 6.07 Å². The number of anilines is 1. The molecule has 1 aliphatic rings. The Kier molecular flexibility index (Phi) is 6.12. The molecule has 1 aromatic carbocycles. The smallest absolute Gasteiger partial charge is 0.387 e. The fourth-order valence-corrected chi connectivity index (χ4v) is 4.38. The van der Waals surface area contributed by atoms with Crippen LogP contribution in [0.4, 0.5) is 14.6 Å². The zero-order valence-corrected chi connectivity index (χ0v) is 18.7. The van der Waals surface area contributed by atoms with E-state index in [0.717, 1.165) is 43.1 Å². The van der Waals surface area contributed by atoms with Crippen molar-refractivity contribution in [1.29, 1.82) is 0 Å². The first-order valence-corrected chi connectivity index (χ1v) is 11.1. The number of aryl methyl sites for hydroxylation is 1. The molecule has 9 heteroatoms. The lowest BCUT2D eigenvalue weighted by molar-refractivity contribution is -0.0513. The third kappa shape index (κ3) is 4.32. The van der Waals surface area contributed by atoms with E-state index in [-0.39, 0.29) is 11.3 Å². The Morgan fingerprint density at radius 1 is 1.03 bits per heavy atom. The fourth-order valence-electron chi connectivity index (χ4n) is 4.38. The minimum atomic E-state index is -2.99. The molecule has 4 aromatic rings. The van der Waals surface area contributed by atoms with E-state index in [1.54, 1.807) is 29.5 Å². The first-order valence-electron chi connectivity index (χ1n) is 11.1. The molecule has 0 radical (unpaired) electrons. The lowest BCUT2D eigenvalue weighted by atomic mass is 10.0. The SMILES string of the molecule is Cc1nc2ccc(-c3ccc(N4CCNCC4)nc3)cn2c1C(O)c1ccccc1OC(F)F. The van der Waals surface area contributed by atoms with Crippen LogP contribution in [-0.4, -0.2) is 52.3 Å². The molecule has 1 saturated heterocycles. The first kappa shape index (κ1) is 22.2. The summed E-state index contributed by atoms with van der Waals surface area (Å²) in [7, 11) is 0. The van der Waals surface area contributed by atoms with Crippen LogP contribution in [0.2, 0.25) is 0 Å². The summed E-state index contributed by atoms with van der Waals surface area (Å²) in [6, 6.07) is 14.1. The van der Waals surface area contributed by atoms with Gasteiger partial charge in [0.25, 0.3) is 0 Å². The highest BCUT2D eigenvalue weighted by atomic mass is 19.3. The maximum atomic E-state index is 12.9. The highest BCUT2D eigenvalue weighted by Crippen LogP contribution is 2.33. The molecule has 0 saturated carbocycles. The predicted octanol–water partition coefficient (Wildman–Crippen LogP) is 3.80. The van der Waals surface area contributed by atoms with E-state index in [9.17, 15) is 13.9 Å². The first-order chi connectivity index (χ1) is 16.5. The van der Waals surface area contributed by atoms with Crippen molar-refractivity contribution in [2.24, 2.45) is 0 Å². The molecule has 0 amide bonds. The van der Waals surface area contributed by atoms with E-state index >= 15 is 0 Å². The van der Waals surface area contributed by atoms with Gasteiger partial charge >= 0.3 is 6.61 Å². The van der Waals surface area contributed by atoms with Crippen molar-refractivity contribution < 1.29 is 18.6 Å². The maximum Gasteiger partial charge on any atom is 0.387 e. The third-order valence-corrected chi connectivity index (χ3v) is 6.05. The molecule has 3 aromatic heterocycles. The van der Waals surface area contributed by atoms with Crippen LogP contribution >= 0.6 is 0 Å². The van der Waals surface area contributed by atoms with Gasteiger partial charge in [-0.1, -0.05) is 18.2 Å². The van der Waals surface area contributed by atoms with Gasteiger partial charge < -0.3 is 24.5 Å². The quantitative estimate of drug-likeness (QED) is 0.451. The number of fused-ring (bicyclic) bond motifs is 1. The standard InChI is InChI=1S/C25H25F2N5O2/c1-16-23(24(33)19-4-2-3-5-20(19)34-25(26)27)32-15-18(7-9-22(32)30-16)17-6-8-21(29-14-17)31-12-10-28-11-13-31/h2-9,14-15,24-25,28,33H,10-13H2,1H3. The second-order valence-corrected chi connectivity index (χ2v) is 8.19. The van der Waals surface area contributed by atoms with E-state index in [1.807, 2.05) is 36.7 Å². The van der Waals surface area contributed by atoms with Gasteiger partial charge in [-0.25, -0.2) is 9.97 Å². The highest BCUT2D eigenvalue weighted by molar-refractivity contribution is 5.66. The van der Waals surface area contributed by atoms with Gasteiger partial charge in [0.2, 0.25) is 0 Å². The maximum absolute atomic E-state index is 12.9. The number of pyridine rings is 2. The summed E-state index contributed by atoms with van der Waals surface area (Å²) < 4.78 is 32.2. The lowest BCUT2D eigenvalue weighted by Crippen LogP contribution is -2.43. The molecule has 1 aliphatic heterocycles. The van der Waals surface area contributed by atoms with Crippen molar-refractivity contribution >= 4 is 11.5 Å². The molecule has 7 nitrogen and oxygen atoms in total. The van der Waals surface area contributed by atoms with Gasteiger partial charge in [0.1, 0.15) is 23.3 Å². The number of nitrogens with one attached hydrogen (secondary N) is 1. The van der Waals surface area contributed by atoms with Gasteiger partial charge in [-0.3, -0.25) is 0 Å². The second-order valence-electron chi connectivity index (χ2n) is 8.19. The second kappa shape index (κ2) is 9.36. The largest absolute Gasteiger partial charge is 0.434 e. The Bertz CT molecular complexity index is 1290. The molecule has 176 valence electrons. The molecular weight excluding hydrogens is 440 g/mol. The van der Waals surface area contributed by atoms with E-state index in [0.29, 0.717) is 17.0 Å². The van der Waals surface area contributed by atoms with Crippen LogP contribution in [0.25, 0.3) is 16.8 Å². The molecule has 34 heavy (non-hydrogen) atoms. The third-order valence-electron chi connectivity index (χ3n) is 6.05. The number of para-hydroxylation sites is 1. The van der Waals surface area contributed by atoms with Gasteiger partial charge in [-0.05, 0) is 37.3 Å². The summed E-state index contributed by atoms with van der Waals surface area (Å²) in [6.07, 6.45) is 2.52. The summed E-state index contributed by atoms with van der Waals surface area (Å²) in [5, 5.41) is 14.5. The Hall–Kier alpha value is -3.56. The number of halogens is 2. The van der Waals surface area contributed by atoms with Crippen molar-refractivity contribution in [2.75, 3.05) is 31.1 Å². The Morgan fingerprint density at radius 2 is 1.79 bits per heavy atom. The number of ether oxygens (including phenoxy) is 1. The average molecular weight is 466 g/mol. The number of benzene rings is 1. The number of aliphatic hydroxyl groups excluding tert-OH is 1. The lowest BCUT2D eigenvalue weighted by Gasteiger charge is -2.28. The van der Waals surface area contributed by atoms with Crippen LogP contribution in [-0.2, 0) is 0 Å². The number of hydrogen-bond donors (Lipinski definition) is 2. The normalized spacial score (nSPS) is 15.1. The minimum Gasteiger partial charge on any atom is -0.434 e. The Morgan fingerprint density at radius 3 is 2.53 bits per heavy atom. The number of imidazole rings is 1. The van der Waals surface area contributed by atoms with Crippen molar-refractivity contribution in [1.82, 2.24) is 19.7 Å². The molecule has 1 fully saturated rings. The topological polar surface area (TPSA) is 74.9 Å². The van der Waals surface area contributed by atoms with Gasteiger partial charge in [0.05, 0.1) is 11.4 Å². The van der Waals surface area contributed by atoms with E-state index in [4.69, 9.17) is 0 Å². The molecule has 1 unspecified atom stereocenters. The molecule has 1 atom stereocenters. The zero-order chi connectivity index (χ0) is 23.7. The van der Waals surface area contributed by atoms with Crippen molar-refractivity contribution in [2.45, 2.75) is 19.6 Å². The Balaban J connectivity index is 1.50. The number of piperazine rings is 1. The summed E-state index contributed by atoms with van der Waals surface area (Å²) in [5.41, 5.74) is 3.81. The molecule has 2 N–H and O–H groups in total. The molecule has 0 spiro atoms. The molecule has 0 aliphatic carbocycles. The zero-order valence-electron chi connectivity index (χ0n) is 18.7. The van der Waals surface area contributed by atoms with Crippen LogP contribution in [0.15, 0.2) is 60.9 Å². The monoisotopic (exact) mass is 465 g/mol. The van der Waals surface area contributed by atoms with Crippen molar-refractivity contribution in [3.63, 3.8) is 0 Å². The Labute approximate surface area is 195 Å². The number of rotatable bonds is 6. The summed E-state index contributed by atoms with van der Waals surface area (Å²) >= 11 is 0. The van der Waals surface area contributed by atoms with Crippen LogP contribution in [0.3, 0.4) is 0 Å². The highest BCUT2D eigenvalue weighted by Gasteiger charge is 2.23. The average Bonchev–Trinajstić information content (AvgIpc) is 3.19. The number of aliphatic hydroxyl groups is 1. The minimum absolute atomic E-state index is 0.0665. The number of hydrogen-bond acceptors (Lipinski definition) is 6. The molecule has 0 bridgehead atoms. The number of alkyl halides is 2. The molecule has 4 heterocycles. The van der Waals surface area contributed by atoms with Gasteiger partial charge in [-0.15, -0.1) is 0 Å². The number of aromatic nitrogens is 3. The van der Waals surface area contributed by atoms with E-state index in [2.05, 4.69) is 24.9 Å². The summed E-state index contributed by atoms with van der Waals surface area (Å²) in [5.74, 6) is 0.875. The van der Waals surface area contributed by atoms with Crippen LogP contribution in [0, 0.1) is 6.92 Å². The van der Waals surface area contributed by atoms with Gasteiger partial charge in [0.15, 0.2) is 0 Å². The van der Waals surface area contributed by atoms with Gasteiger partial charge in [-0.2, -0.15) is 8.78 Å². The number of nitrogens with zero attached hydrogens (tertiary/aromatic N) is 4. The van der Waals surface area contributed by atoms with Gasteiger partial charge in [0, 0.05) is 55.3 Å². The van der Waals surface area contributed by atoms with Crippen LogP contribution in [0.1, 0.15) is 23.1 Å². The van der Waals surface area contributed by atoms with Crippen LogP contribution < -0.4 is 15.0 Å². The summed E-state index contributed by atoms with van der Waals surface area (Å²) in [6.45, 7) is 2.52. The van der Waals surface area contributed by atoms with E-state index < -0.39 is 12.7 Å². The molecular formula is C25H25F2N5O2. The molecule has 5 rings (SSSR count). The summed E-state index contributed by atoms with van der Waals surface area (Å²) in [4.78, 5) is 11.4. The van der Waals surface area contributed by atoms with Crippen LogP contribution in [0.5, 0.6) is 5.75 Å². The van der Waals surface area contributed by atoms with Crippen molar-refractivity contribution in [3.8, 4) is 16.9 Å². The predicted molar refractivity (Wildman–Crippen MR) is 125 cm³/mol. The fraction of sp³-hybridized carbons (Fsp3) is 0.280. The van der Waals surface area contributed by atoms with Crippen molar-refractivity contribution in [3.05, 3.63) is 77.9 Å².